The predicted molar refractivity (Wildman–Crippen MR) is 99.9 cm³/mol. The van der Waals surface area contributed by atoms with Crippen molar-refractivity contribution in [1.29, 1.82) is 0 Å². The molecule has 6 heteroatoms. The summed E-state index contributed by atoms with van der Waals surface area (Å²) in [5.41, 5.74) is 1.80. The van der Waals surface area contributed by atoms with Crippen molar-refractivity contribution in [3.63, 3.8) is 0 Å². The molecule has 1 N–H and O–H groups in total. The molecule has 140 valence electrons. The summed E-state index contributed by atoms with van der Waals surface area (Å²) >= 11 is 0. The topological polar surface area (TPSA) is 64.4 Å². The first-order valence-corrected chi connectivity index (χ1v) is 8.75. The molecule has 0 atom stereocenters. The highest BCUT2D eigenvalue weighted by Gasteiger charge is 2.09. The maximum atomic E-state index is 13.0. The molecule has 2 aromatic carbocycles. The van der Waals surface area contributed by atoms with Gasteiger partial charge < -0.3 is 14.5 Å². The number of carbonyl (C=O) groups is 1. The average Bonchev–Trinajstić information content (AvgIpc) is 3.16. The number of carbonyl (C=O) groups excluding carboxylic acids is 1. The number of hydrogen-bond acceptors (Lipinski definition) is 4. The number of nitrogens with one attached hydrogen (secondary N) is 1. The Bertz CT molecular complexity index is 890. The van der Waals surface area contributed by atoms with Crippen LogP contribution in [-0.2, 0) is 17.6 Å². The minimum Gasteiger partial charge on any atom is -0.496 e. The number of oxazole rings is 1. The second kappa shape index (κ2) is 8.98. The lowest BCUT2D eigenvalue weighted by atomic mass is 10.1. The van der Waals surface area contributed by atoms with Gasteiger partial charge in [0, 0.05) is 24.9 Å². The maximum Gasteiger partial charge on any atom is 0.220 e. The van der Waals surface area contributed by atoms with Crippen LogP contribution >= 0.6 is 0 Å². The lowest BCUT2D eigenvalue weighted by Gasteiger charge is -2.08. The third-order valence-electron chi connectivity index (χ3n) is 4.16. The maximum absolute atomic E-state index is 13.0. The highest BCUT2D eigenvalue weighted by Crippen LogP contribution is 2.21. The van der Waals surface area contributed by atoms with Gasteiger partial charge >= 0.3 is 0 Å². The summed E-state index contributed by atoms with van der Waals surface area (Å²) in [6.45, 7) is 0.533. The number of methoxy groups -OCH3 is 1. The van der Waals surface area contributed by atoms with Crippen LogP contribution < -0.4 is 10.1 Å². The number of aromatic nitrogens is 1. The number of amides is 1. The number of benzene rings is 2. The van der Waals surface area contributed by atoms with Gasteiger partial charge in [0.1, 0.15) is 11.6 Å². The minimum absolute atomic E-state index is 0.0635. The molecule has 0 fully saturated rings. The van der Waals surface area contributed by atoms with Crippen molar-refractivity contribution in [2.75, 3.05) is 13.7 Å². The Balaban J connectivity index is 1.45. The molecular weight excluding hydrogens is 347 g/mol. The van der Waals surface area contributed by atoms with Gasteiger partial charge in [-0.25, -0.2) is 9.37 Å². The van der Waals surface area contributed by atoms with Gasteiger partial charge in [-0.1, -0.05) is 18.2 Å². The first-order valence-electron chi connectivity index (χ1n) is 8.75. The molecule has 0 bridgehead atoms. The summed E-state index contributed by atoms with van der Waals surface area (Å²) in [6.07, 6.45) is 2.97. The van der Waals surface area contributed by atoms with E-state index in [2.05, 4.69) is 10.3 Å². The van der Waals surface area contributed by atoms with Crippen molar-refractivity contribution in [2.45, 2.75) is 19.3 Å². The summed E-state index contributed by atoms with van der Waals surface area (Å²) in [5, 5.41) is 2.89. The van der Waals surface area contributed by atoms with E-state index in [1.165, 1.54) is 12.1 Å². The second-order valence-electron chi connectivity index (χ2n) is 6.04. The number of nitrogens with zero attached hydrogens (tertiary/aromatic N) is 1. The van der Waals surface area contributed by atoms with E-state index in [1.807, 2.05) is 24.3 Å². The summed E-state index contributed by atoms with van der Waals surface area (Å²) in [6, 6.07) is 13.7. The minimum atomic E-state index is -0.303. The Hall–Kier alpha value is -3.15. The Morgan fingerprint density at radius 1 is 1.15 bits per heavy atom. The summed E-state index contributed by atoms with van der Waals surface area (Å²) in [7, 11) is 1.63. The van der Waals surface area contributed by atoms with Crippen molar-refractivity contribution >= 4 is 5.91 Å². The zero-order valence-electron chi connectivity index (χ0n) is 15.1. The normalized spacial score (nSPS) is 10.6. The van der Waals surface area contributed by atoms with E-state index >= 15 is 0 Å². The first-order chi connectivity index (χ1) is 13.2. The van der Waals surface area contributed by atoms with Gasteiger partial charge in [-0.15, -0.1) is 0 Å². The van der Waals surface area contributed by atoms with Crippen molar-refractivity contribution in [2.24, 2.45) is 0 Å². The first kappa shape index (κ1) is 18.6. The molecule has 0 aliphatic carbocycles. The molecule has 1 heterocycles. The summed E-state index contributed by atoms with van der Waals surface area (Å²) in [5.74, 6) is 1.49. The lowest BCUT2D eigenvalue weighted by Crippen LogP contribution is -2.26. The lowest BCUT2D eigenvalue weighted by molar-refractivity contribution is -0.121. The molecule has 0 saturated heterocycles. The number of hydrogen-bond donors (Lipinski definition) is 1. The van der Waals surface area contributed by atoms with Crippen LogP contribution in [0.25, 0.3) is 11.3 Å². The Morgan fingerprint density at radius 3 is 2.70 bits per heavy atom. The van der Waals surface area contributed by atoms with Crippen molar-refractivity contribution < 1.29 is 18.3 Å². The highest BCUT2D eigenvalue weighted by atomic mass is 19.1. The molecule has 0 aliphatic heterocycles. The van der Waals surface area contributed by atoms with Crippen LogP contribution in [-0.4, -0.2) is 24.5 Å². The zero-order chi connectivity index (χ0) is 19.1. The van der Waals surface area contributed by atoms with Crippen molar-refractivity contribution in [3.8, 4) is 17.1 Å². The van der Waals surface area contributed by atoms with Crippen LogP contribution in [0.5, 0.6) is 5.75 Å². The second-order valence-corrected chi connectivity index (χ2v) is 6.04. The smallest absolute Gasteiger partial charge is 0.220 e. The molecule has 27 heavy (non-hydrogen) atoms. The van der Waals surface area contributed by atoms with Crippen LogP contribution in [0, 0.1) is 5.82 Å². The van der Waals surface area contributed by atoms with E-state index in [1.54, 1.807) is 25.4 Å². The third kappa shape index (κ3) is 5.17. The van der Waals surface area contributed by atoms with Gasteiger partial charge in [-0.2, -0.15) is 0 Å². The molecule has 0 aliphatic rings. The zero-order valence-corrected chi connectivity index (χ0v) is 15.1. The van der Waals surface area contributed by atoms with Crippen LogP contribution in [0.2, 0.25) is 0 Å². The van der Waals surface area contributed by atoms with E-state index in [9.17, 15) is 9.18 Å². The SMILES string of the molecule is COc1ccccc1CCNC(=O)CCc1ncc(-c2ccc(F)cc2)o1. The fourth-order valence-corrected chi connectivity index (χ4v) is 2.73. The molecule has 1 aromatic heterocycles. The van der Waals surface area contributed by atoms with Gasteiger partial charge in [0.25, 0.3) is 0 Å². The highest BCUT2D eigenvalue weighted by molar-refractivity contribution is 5.76. The molecule has 5 nitrogen and oxygen atoms in total. The van der Waals surface area contributed by atoms with E-state index in [-0.39, 0.29) is 18.1 Å². The van der Waals surface area contributed by atoms with Crippen LogP contribution in [0.4, 0.5) is 4.39 Å². The molecule has 0 unspecified atom stereocenters. The largest absolute Gasteiger partial charge is 0.496 e. The number of para-hydroxylation sites is 1. The standard InChI is InChI=1S/C21H21FN2O3/c1-26-18-5-3-2-4-15(18)12-13-23-20(25)10-11-21-24-14-19(27-21)16-6-8-17(22)9-7-16/h2-9,14H,10-13H2,1H3,(H,23,25). The quantitative estimate of drug-likeness (QED) is 0.657. The van der Waals surface area contributed by atoms with E-state index in [0.29, 0.717) is 31.0 Å². The number of halogens is 1. The Labute approximate surface area is 157 Å². The summed E-state index contributed by atoms with van der Waals surface area (Å²) in [4.78, 5) is 16.2. The van der Waals surface area contributed by atoms with E-state index < -0.39 is 0 Å². The monoisotopic (exact) mass is 368 g/mol. The van der Waals surface area contributed by atoms with Gasteiger partial charge in [0.2, 0.25) is 5.91 Å². The summed E-state index contributed by atoms with van der Waals surface area (Å²) < 4.78 is 23.9. The fourth-order valence-electron chi connectivity index (χ4n) is 2.73. The van der Waals surface area contributed by atoms with Crippen molar-refractivity contribution in [1.82, 2.24) is 10.3 Å². The van der Waals surface area contributed by atoms with Gasteiger partial charge in [-0.3, -0.25) is 4.79 Å². The average molecular weight is 368 g/mol. The van der Waals surface area contributed by atoms with Gasteiger partial charge in [0.15, 0.2) is 11.7 Å². The van der Waals surface area contributed by atoms with E-state index in [4.69, 9.17) is 9.15 Å². The Kier molecular flexibility index (Phi) is 6.20. The number of aryl methyl sites for hydroxylation is 1. The van der Waals surface area contributed by atoms with Gasteiger partial charge in [0.05, 0.1) is 13.3 Å². The van der Waals surface area contributed by atoms with Gasteiger partial charge in [-0.05, 0) is 42.3 Å². The third-order valence-corrected chi connectivity index (χ3v) is 4.16. The molecule has 3 rings (SSSR count). The molecule has 3 aromatic rings. The fraction of sp³-hybridized carbons (Fsp3) is 0.238. The molecule has 1 amide bonds. The predicted octanol–water partition coefficient (Wildman–Crippen LogP) is 3.78. The molecule has 0 radical (unpaired) electrons. The van der Waals surface area contributed by atoms with Crippen LogP contribution in [0.1, 0.15) is 17.9 Å². The van der Waals surface area contributed by atoms with Crippen molar-refractivity contribution in [3.05, 3.63) is 72.0 Å². The van der Waals surface area contributed by atoms with E-state index in [0.717, 1.165) is 16.9 Å². The molecule has 0 spiro atoms. The molecule has 0 saturated carbocycles. The molecular formula is C21H21FN2O3. The Morgan fingerprint density at radius 2 is 1.93 bits per heavy atom. The number of rotatable bonds is 8. The number of ether oxygens (including phenoxy) is 1. The van der Waals surface area contributed by atoms with Crippen LogP contribution in [0.3, 0.4) is 0 Å². The van der Waals surface area contributed by atoms with Crippen LogP contribution in [0.15, 0.2) is 59.1 Å².